The second kappa shape index (κ2) is 44.3. The number of aliphatic hydroxyl groups excluding tert-OH is 1. The molecule has 1 unspecified atom stereocenters. The number of aliphatic hydroxyl groups is 1. The fourth-order valence-electron chi connectivity index (χ4n) is 6.08. The van der Waals surface area contributed by atoms with Crippen LogP contribution < -0.4 is 0 Å². The third-order valence-electron chi connectivity index (χ3n) is 9.33. The van der Waals surface area contributed by atoms with Crippen LogP contribution >= 0.6 is 0 Å². The molecule has 0 aliphatic heterocycles. The molecule has 1 atom stereocenters. The zero-order chi connectivity index (χ0) is 37.0. The Morgan fingerprint density at radius 1 is 0.490 bits per heavy atom. The van der Waals surface area contributed by atoms with E-state index in [1.807, 2.05) is 0 Å². The van der Waals surface area contributed by atoms with Gasteiger partial charge in [-0.05, 0) is 77.0 Å². The molecule has 0 saturated heterocycles. The van der Waals surface area contributed by atoms with Crippen molar-refractivity contribution in [1.82, 2.24) is 0 Å². The Labute approximate surface area is 317 Å². The molecule has 296 valence electrons. The molecule has 0 aliphatic rings. The molecule has 0 amide bonds. The van der Waals surface area contributed by atoms with E-state index >= 15 is 0 Å². The van der Waals surface area contributed by atoms with Crippen molar-refractivity contribution < 1.29 is 19.4 Å². The molecule has 0 rings (SSSR count). The lowest BCUT2D eigenvalue weighted by atomic mass is 10.0. The van der Waals surface area contributed by atoms with Gasteiger partial charge in [0, 0.05) is 13.0 Å². The van der Waals surface area contributed by atoms with Gasteiger partial charge in [-0.1, -0.05) is 184 Å². The van der Waals surface area contributed by atoms with Crippen molar-refractivity contribution in [3.8, 4) is 0 Å². The average molecular weight is 713 g/mol. The molecule has 0 aromatic heterocycles. The molecule has 1 N–H and O–H groups in total. The Balaban J connectivity index is 3.44. The lowest BCUT2D eigenvalue weighted by Crippen LogP contribution is -2.27. The number of hydrogen-bond acceptors (Lipinski definition) is 4. The molecule has 0 saturated carbocycles. The first-order chi connectivity index (χ1) is 25.2. The van der Waals surface area contributed by atoms with Gasteiger partial charge in [0.2, 0.25) is 0 Å². The van der Waals surface area contributed by atoms with E-state index in [0.717, 1.165) is 57.8 Å². The molecule has 0 fully saturated rings. The van der Waals surface area contributed by atoms with Gasteiger partial charge in [0.1, 0.15) is 6.10 Å². The number of ether oxygens (including phenoxy) is 2. The van der Waals surface area contributed by atoms with E-state index in [2.05, 4.69) is 74.6 Å². The SMILES string of the molecule is CC/C=C\C/C=C\C/C=C\CCCCCCOCC(CO)OC(=O)CCCCCCCCCCCCCCC/C=C\C/C=C\CCCCCCC. The molecule has 0 radical (unpaired) electrons. The van der Waals surface area contributed by atoms with Crippen LogP contribution in [0.15, 0.2) is 60.8 Å². The van der Waals surface area contributed by atoms with Crippen molar-refractivity contribution in [3.63, 3.8) is 0 Å². The van der Waals surface area contributed by atoms with Gasteiger partial charge in [-0.15, -0.1) is 0 Å². The number of esters is 1. The Hall–Kier alpha value is -1.91. The summed E-state index contributed by atoms with van der Waals surface area (Å²) in [6.07, 6.45) is 58.6. The minimum absolute atomic E-state index is 0.183. The molecular weight excluding hydrogens is 629 g/mol. The molecular formula is C47H84O4. The lowest BCUT2D eigenvalue weighted by molar-refractivity contribution is -0.154. The summed E-state index contributed by atoms with van der Waals surface area (Å²) in [5.74, 6) is -0.211. The van der Waals surface area contributed by atoms with Crippen LogP contribution in [-0.4, -0.2) is 37.0 Å². The maximum Gasteiger partial charge on any atom is 0.306 e. The average Bonchev–Trinajstić information content (AvgIpc) is 3.14. The monoisotopic (exact) mass is 713 g/mol. The molecule has 0 aromatic carbocycles. The van der Waals surface area contributed by atoms with Crippen molar-refractivity contribution in [2.24, 2.45) is 0 Å². The lowest BCUT2D eigenvalue weighted by Gasteiger charge is -2.15. The largest absolute Gasteiger partial charge is 0.457 e. The van der Waals surface area contributed by atoms with E-state index in [9.17, 15) is 9.90 Å². The Kier molecular flexibility index (Phi) is 42.6. The normalized spacial score (nSPS) is 12.9. The molecule has 0 aromatic rings. The second-order valence-electron chi connectivity index (χ2n) is 14.4. The molecule has 0 heterocycles. The van der Waals surface area contributed by atoms with Crippen LogP contribution in [0, 0.1) is 0 Å². The number of carbonyl (C=O) groups is 1. The highest BCUT2D eigenvalue weighted by atomic mass is 16.6. The van der Waals surface area contributed by atoms with Gasteiger partial charge in [-0.2, -0.15) is 0 Å². The van der Waals surface area contributed by atoms with Gasteiger partial charge in [-0.25, -0.2) is 0 Å². The van der Waals surface area contributed by atoms with Crippen molar-refractivity contribution >= 4 is 5.97 Å². The van der Waals surface area contributed by atoms with Crippen molar-refractivity contribution in [3.05, 3.63) is 60.8 Å². The van der Waals surface area contributed by atoms with Crippen molar-refractivity contribution in [2.45, 2.75) is 213 Å². The predicted molar refractivity (Wildman–Crippen MR) is 223 cm³/mol. The molecule has 4 heteroatoms. The number of allylic oxidation sites excluding steroid dienone is 10. The molecule has 0 bridgehead atoms. The van der Waals surface area contributed by atoms with Crippen LogP contribution in [0.3, 0.4) is 0 Å². The quantitative estimate of drug-likeness (QED) is 0.0390. The zero-order valence-electron chi connectivity index (χ0n) is 33.9. The van der Waals surface area contributed by atoms with E-state index < -0.39 is 6.10 Å². The smallest absolute Gasteiger partial charge is 0.306 e. The Morgan fingerprint density at radius 2 is 0.882 bits per heavy atom. The van der Waals surface area contributed by atoms with Crippen molar-refractivity contribution in [2.75, 3.05) is 19.8 Å². The van der Waals surface area contributed by atoms with E-state index in [-0.39, 0.29) is 19.2 Å². The Morgan fingerprint density at radius 3 is 1.33 bits per heavy atom. The van der Waals surface area contributed by atoms with Gasteiger partial charge in [0.05, 0.1) is 13.2 Å². The minimum Gasteiger partial charge on any atom is -0.457 e. The van der Waals surface area contributed by atoms with E-state index in [4.69, 9.17) is 9.47 Å². The second-order valence-corrected chi connectivity index (χ2v) is 14.4. The van der Waals surface area contributed by atoms with E-state index in [1.165, 1.54) is 128 Å². The number of hydrogen-bond donors (Lipinski definition) is 1. The number of carbonyl (C=O) groups excluding carboxylic acids is 1. The fraction of sp³-hybridized carbons (Fsp3) is 0.766. The topological polar surface area (TPSA) is 55.8 Å². The first-order valence-electron chi connectivity index (χ1n) is 21.9. The summed E-state index contributed by atoms with van der Waals surface area (Å²) in [6.45, 7) is 5.18. The number of rotatable bonds is 40. The summed E-state index contributed by atoms with van der Waals surface area (Å²) >= 11 is 0. The van der Waals surface area contributed by atoms with Gasteiger partial charge in [-0.3, -0.25) is 4.79 Å². The van der Waals surface area contributed by atoms with Crippen molar-refractivity contribution in [1.29, 1.82) is 0 Å². The summed E-state index contributed by atoms with van der Waals surface area (Å²) in [5, 5.41) is 9.59. The summed E-state index contributed by atoms with van der Waals surface area (Å²) < 4.78 is 11.1. The highest BCUT2D eigenvalue weighted by molar-refractivity contribution is 5.69. The standard InChI is InChI=1S/C47H84O4/c1-3-5-7-9-11-13-15-17-19-20-21-22-23-24-25-26-27-28-29-30-32-34-36-38-40-42-47(49)51-46(44-48)45-50-43-41-39-37-35-33-31-18-16-14-12-10-8-6-4-2/h6,8,12,14-15,17-18,20-21,31,46,48H,3-5,7,9-11,13,16,19,22-30,32-45H2,1-2H3/b8-6-,14-12-,17-15-,21-20-,31-18-. The number of unbranched alkanes of at least 4 members (excludes halogenated alkanes) is 22. The third kappa shape index (κ3) is 42.4. The van der Waals surface area contributed by atoms with E-state index in [0.29, 0.717) is 13.0 Å². The van der Waals surface area contributed by atoms with Gasteiger partial charge in [0.15, 0.2) is 0 Å². The van der Waals surface area contributed by atoms with Crippen LogP contribution in [0.5, 0.6) is 0 Å². The summed E-state index contributed by atoms with van der Waals surface area (Å²) in [5.41, 5.74) is 0. The molecule has 4 nitrogen and oxygen atoms in total. The molecule has 0 spiro atoms. The van der Waals surface area contributed by atoms with Crippen LogP contribution in [-0.2, 0) is 14.3 Å². The van der Waals surface area contributed by atoms with Gasteiger partial charge >= 0.3 is 5.97 Å². The van der Waals surface area contributed by atoms with Crippen LogP contribution in [0.1, 0.15) is 206 Å². The minimum atomic E-state index is -0.548. The van der Waals surface area contributed by atoms with Crippen LogP contribution in [0.25, 0.3) is 0 Å². The van der Waals surface area contributed by atoms with E-state index in [1.54, 1.807) is 0 Å². The van der Waals surface area contributed by atoms with Gasteiger partial charge < -0.3 is 14.6 Å². The fourth-order valence-corrected chi connectivity index (χ4v) is 6.08. The highest BCUT2D eigenvalue weighted by Gasteiger charge is 2.13. The van der Waals surface area contributed by atoms with Gasteiger partial charge in [0.25, 0.3) is 0 Å². The first kappa shape index (κ1) is 49.1. The maximum absolute atomic E-state index is 12.2. The van der Waals surface area contributed by atoms with Crippen LogP contribution in [0.4, 0.5) is 0 Å². The molecule has 0 aliphatic carbocycles. The summed E-state index contributed by atoms with van der Waals surface area (Å²) in [4.78, 5) is 12.2. The maximum atomic E-state index is 12.2. The van der Waals surface area contributed by atoms with Crippen LogP contribution in [0.2, 0.25) is 0 Å². The zero-order valence-corrected chi connectivity index (χ0v) is 33.9. The first-order valence-corrected chi connectivity index (χ1v) is 21.9. The molecule has 51 heavy (non-hydrogen) atoms. The predicted octanol–water partition coefficient (Wildman–Crippen LogP) is 14.4. The highest BCUT2D eigenvalue weighted by Crippen LogP contribution is 2.14. The third-order valence-corrected chi connectivity index (χ3v) is 9.33. The Bertz CT molecular complexity index is 839. The summed E-state index contributed by atoms with van der Waals surface area (Å²) in [6, 6.07) is 0. The summed E-state index contributed by atoms with van der Waals surface area (Å²) in [7, 11) is 0.